The predicted octanol–water partition coefficient (Wildman–Crippen LogP) is 2.49. The lowest BCUT2D eigenvalue weighted by molar-refractivity contribution is -0.161. The molecule has 2 N–H and O–H groups in total. The molecule has 1 aromatic rings. The van der Waals surface area contributed by atoms with Crippen LogP contribution in [0.3, 0.4) is 0 Å². The van der Waals surface area contributed by atoms with E-state index in [4.69, 9.17) is 18.9 Å². The van der Waals surface area contributed by atoms with Gasteiger partial charge in [0.25, 0.3) is 0 Å². The first-order chi connectivity index (χ1) is 13.1. The molecule has 2 atom stereocenters. The van der Waals surface area contributed by atoms with Crippen LogP contribution in [0.25, 0.3) is 0 Å². The summed E-state index contributed by atoms with van der Waals surface area (Å²) >= 11 is 0. The maximum Gasteiger partial charge on any atom is 0.309 e. The second-order valence-corrected chi connectivity index (χ2v) is 7.41. The minimum atomic E-state index is -1.17. The number of benzene rings is 1. The summed E-state index contributed by atoms with van der Waals surface area (Å²) in [5, 5.41) is 19.1. The molecule has 28 heavy (non-hydrogen) atoms. The molecule has 0 heterocycles. The highest BCUT2D eigenvalue weighted by Gasteiger charge is 2.26. The number of esters is 1. The van der Waals surface area contributed by atoms with Crippen LogP contribution in [0.15, 0.2) is 36.4 Å². The van der Waals surface area contributed by atoms with Crippen LogP contribution >= 0.6 is 0 Å². The molecule has 0 unspecified atom stereocenters. The van der Waals surface area contributed by atoms with E-state index in [1.54, 1.807) is 52.1 Å². The molecular weight excluding hydrogens is 364 g/mol. The predicted molar refractivity (Wildman–Crippen MR) is 106 cm³/mol. The summed E-state index contributed by atoms with van der Waals surface area (Å²) in [6.07, 6.45) is -1.68. The molecule has 0 aliphatic rings. The Morgan fingerprint density at radius 1 is 1.18 bits per heavy atom. The molecule has 0 amide bonds. The van der Waals surface area contributed by atoms with Crippen molar-refractivity contribution in [3.63, 3.8) is 0 Å². The van der Waals surface area contributed by atoms with Crippen molar-refractivity contribution in [3.05, 3.63) is 36.4 Å². The molecular formula is C21H32O7. The first-order valence-corrected chi connectivity index (χ1v) is 9.20. The third kappa shape index (κ3) is 9.73. The van der Waals surface area contributed by atoms with Crippen molar-refractivity contribution in [1.82, 2.24) is 0 Å². The summed E-state index contributed by atoms with van der Waals surface area (Å²) in [6.45, 7) is 9.26. The van der Waals surface area contributed by atoms with Gasteiger partial charge in [0.05, 0.1) is 32.8 Å². The lowest BCUT2D eigenvalue weighted by atomic mass is 10.1. The van der Waals surface area contributed by atoms with Crippen LogP contribution in [0.1, 0.15) is 33.6 Å². The lowest BCUT2D eigenvalue weighted by Crippen LogP contribution is -2.36. The minimum Gasteiger partial charge on any atom is -0.497 e. The molecule has 0 spiro atoms. The van der Waals surface area contributed by atoms with E-state index in [0.29, 0.717) is 18.8 Å². The van der Waals surface area contributed by atoms with E-state index in [1.165, 1.54) is 0 Å². The van der Waals surface area contributed by atoms with E-state index >= 15 is 0 Å². The standard InChI is InChI=1S/C21H32O7/c1-15(14-27-17-8-6-16(25-5)7-9-17)10-11-26-19(18(23)13-22)12-20(24)28-21(2,3)4/h6-9,18-19,22-23H,1,10-14H2,2-5H3/t18-,19-/m0/s1. The van der Waals surface area contributed by atoms with Crippen LogP contribution in [0.4, 0.5) is 0 Å². The van der Waals surface area contributed by atoms with Gasteiger partial charge in [0.15, 0.2) is 0 Å². The molecule has 0 saturated carbocycles. The van der Waals surface area contributed by atoms with Gasteiger partial charge in [0.1, 0.15) is 29.8 Å². The quantitative estimate of drug-likeness (QED) is 0.414. The summed E-state index contributed by atoms with van der Waals surface area (Å²) in [7, 11) is 1.60. The Bertz CT molecular complexity index is 604. The maximum atomic E-state index is 12.0. The van der Waals surface area contributed by atoms with E-state index in [1.807, 2.05) is 0 Å². The van der Waals surface area contributed by atoms with Crippen LogP contribution in [-0.4, -0.2) is 60.9 Å². The Labute approximate surface area is 166 Å². The Kier molecular flexibility index (Phi) is 9.99. The zero-order valence-corrected chi connectivity index (χ0v) is 17.1. The molecule has 0 aliphatic heterocycles. The van der Waals surface area contributed by atoms with Crippen molar-refractivity contribution < 1.29 is 34.0 Å². The fourth-order valence-electron chi connectivity index (χ4n) is 2.26. The van der Waals surface area contributed by atoms with Crippen molar-refractivity contribution in [3.8, 4) is 11.5 Å². The van der Waals surface area contributed by atoms with Gasteiger partial charge in [-0.2, -0.15) is 0 Å². The average Bonchev–Trinajstić information content (AvgIpc) is 2.63. The van der Waals surface area contributed by atoms with Gasteiger partial charge in [0, 0.05) is 0 Å². The number of aliphatic hydroxyl groups excluding tert-OH is 2. The number of rotatable bonds is 12. The van der Waals surface area contributed by atoms with Crippen molar-refractivity contribution in [1.29, 1.82) is 0 Å². The Hall–Kier alpha value is -2.09. The third-order valence-electron chi connectivity index (χ3n) is 3.69. The third-order valence-corrected chi connectivity index (χ3v) is 3.69. The van der Waals surface area contributed by atoms with Crippen LogP contribution in [0.5, 0.6) is 11.5 Å². The number of aliphatic hydroxyl groups is 2. The average molecular weight is 396 g/mol. The number of carbonyl (C=O) groups excluding carboxylic acids is 1. The van der Waals surface area contributed by atoms with Crippen LogP contribution in [0.2, 0.25) is 0 Å². The van der Waals surface area contributed by atoms with Gasteiger partial charge in [-0.3, -0.25) is 4.79 Å². The number of hydrogen-bond acceptors (Lipinski definition) is 7. The van der Waals surface area contributed by atoms with Gasteiger partial charge < -0.3 is 29.2 Å². The van der Waals surface area contributed by atoms with Gasteiger partial charge in [-0.25, -0.2) is 0 Å². The molecule has 7 nitrogen and oxygen atoms in total. The van der Waals surface area contributed by atoms with E-state index in [9.17, 15) is 15.0 Å². The normalized spacial score (nSPS) is 13.5. The molecule has 0 radical (unpaired) electrons. The van der Waals surface area contributed by atoms with Gasteiger partial charge in [-0.05, 0) is 57.0 Å². The Balaban J connectivity index is 2.40. The smallest absolute Gasteiger partial charge is 0.309 e. The van der Waals surface area contributed by atoms with Gasteiger partial charge in [-0.15, -0.1) is 0 Å². The fourth-order valence-corrected chi connectivity index (χ4v) is 2.26. The first kappa shape index (κ1) is 23.9. The number of methoxy groups -OCH3 is 1. The van der Waals surface area contributed by atoms with Gasteiger partial charge in [-0.1, -0.05) is 6.58 Å². The van der Waals surface area contributed by atoms with Crippen LogP contribution in [-0.2, 0) is 14.3 Å². The largest absolute Gasteiger partial charge is 0.497 e. The second kappa shape index (κ2) is 11.7. The Morgan fingerprint density at radius 2 is 1.79 bits per heavy atom. The van der Waals surface area contributed by atoms with Crippen molar-refractivity contribution in [2.75, 3.05) is 26.9 Å². The zero-order valence-electron chi connectivity index (χ0n) is 17.1. The maximum absolute atomic E-state index is 12.0. The first-order valence-electron chi connectivity index (χ1n) is 9.20. The fraction of sp³-hybridized carbons (Fsp3) is 0.571. The number of carbonyl (C=O) groups is 1. The zero-order chi connectivity index (χ0) is 21.2. The van der Waals surface area contributed by atoms with Crippen molar-refractivity contribution >= 4 is 5.97 Å². The number of ether oxygens (including phenoxy) is 4. The molecule has 0 saturated heterocycles. The van der Waals surface area contributed by atoms with E-state index < -0.39 is 30.4 Å². The molecule has 0 fully saturated rings. The van der Waals surface area contributed by atoms with E-state index in [0.717, 1.165) is 11.3 Å². The highest BCUT2D eigenvalue weighted by molar-refractivity contribution is 5.70. The van der Waals surface area contributed by atoms with Gasteiger partial charge in [0.2, 0.25) is 0 Å². The molecule has 0 aliphatic carbocycles. The topological polar surface area (TPSA) is 94.5 Å². The molecule has 0 bridgehead atoms. The molecule has 1 rings (SSSR count). The second-order valence-electron chi connectivity index (χ2n) is 7.41. The van der Waals surface area contributed by atoms with E-state index in [2.05, 4.69) is 6.58 Å². The number of hydrogen-bond donors (Lipinski definition) is 2. The SMILES string of the molecule is C=C(CCO[C@@H](CC(=O)OC(C)(C)C)[C@@H](O)CO)COc1ccc(OC)cc1. The summed E-state index contributed by atoms with van der Waals surface area (Å²) in [6, 6.07) is 7.21. The molecule has 1 aromatic carbocycles. The monoisotopic (exact) mass is 396 g/mol. The Morgan fingerprint density at radius 3 is 2.32 bits per heavy atom. The van der Waals surface area contributed by atoms with Crippen LogP contribution < -0.4 is 9.47 Å². The highest BCUT2D eigenvalue weighted by atomic mass is 16.6. The molecule has 0 aromatic heterocycles. The minimum absolute atomic E-state index is 0.145. The van der Waals surface area contributed by atoms with Crippen LogP contribution in [0, 0.1) is 0 Å². The van der Waals surface area contributed by atoms with Crippen molar-refractivity contribution in [2.24, 2.45) is 0 Å². The molecule has 7 heteroatoms. The summed E-state index contributed by atoms with van der Waals surface area (Å²) in [5.74, 6) is 0.950. The summed E-state index contributed by atoms with van der Waals surface area (Å²) in [4.78, 5) is 12.0. The van der Waals surface area contributed by atoms with E-state index in [-0.39, 0.29) is 13.0 Å². The summed E-state index contributed by atoms with van der Waals surface area (Å²) in [5.41, 5.74) is 0.170. The van der Waals surface area contributed by atoms with Crippen molar-refractivity contribution in [2.45, 2.75) is 51.4 Å². The lowest BCUT2D eigenvalue weighted by Gasteiger charge is -2.24. The summed E-state index contributed by atoms with van der Waals surface area (Å²) < 4.78 is 21.6. The molecule has 158 valence electrons. The highest BCUT2D eigenvalue weighted by Crippen LogP contribution is 2.18. The van der Waals surface area contributed by atoms with Gasteiger partial charge >= 0.3 is 5.97 Å².